The van der Waals surface area contributed by atoms with Crippen LogP contribution in [0.1, 0.15) is 28.8 Å². The molecule has 2 saturated heterocycles. The van der Waals surface area contributed by atoms with Gasteiger partial charge in [-0.3, -0.25) is 19.7 Å². The van der Waals surface area contributed by atoms with Crippen molar-refractivity contribution in [3.8, 4) is 0 Å². The molecule has 0 radical (unpaired) electrons. The average Bonchev–Trinajstić information content (AvgIpc) is 2.98. The van der Waals surface area contributed by atoms with E-state index in [4.69, 9.17) is 5.11 Å². The lowest BCUT2D eigenvalue weighted by atomic mass is 10.0. The number of nitrogens with one attached hydrogen (secondary N) is 1. The lowest BCUT2D eigenvalue weighted by molar-refractivity contribution is -0.136. The number of carbonyl (C=O) groups excluding carboxylic acids is 3. The molecular weight excluding hydrogens is 352 g/mol. The maximum atomic E-state index is 12.7. The number of carboxylic acid groups (broad SMARTS) is 1. The van der Waals surface area contributed by atoms with Crippen LogP contribution in [0.15, 0.2) is 18.2 Å². The summed E-state index contributed by atoms with van der Waals surface area (Å²) in [6.07, 6.45) is -0.335. The van der Waals surface area contributed by atoms with Gasteiger partial charge in [-0.25, -0.2) is 4.79 Å². The lowest BCUT2D eigenvalue weighted by Crippen LogP contribution is -2.52. The molecule has 142 valence electrons. The van der Waals surface area contributed by atoms with E-state index >= 15 is 0 Å². The number of hydrogen-bond donors (Lipinski definition) is 2. The SMILES string of the molecule is O=C1CCC(N2Cc3cc(N4CCN(C(=O)O)CC4)ccc3C2=O)C(=O)N1. The van der Waals surface area contributed by atoms with Gasteiger partial charge in [0.1, 0.15) is 6.04 Å². The van der Waals surface area contributed by atoms with Crippen molar-refractivity contribution in [1.82, 2.24) is 15.1 Å². The van der Waals surface area contributed by atoms with E-state index in [-0.39, 0.29) is 18.2 Å². The Hall–Kier alpha value is -3.10. The predicted molar refractivity (Wildman–Crippen MR) is 94.3 cm³/mol. The van der Waals surface area contributed by atoms with Crippen molar-refractivity contribution in [1.29, 1.82) is 0 Å². The molecule has 9 heteroatoms. The molecule has 0 aromatic heterocycles. The van der Waals surface area contributed by atoms with Crippen LogP contribution in [-0.4, -0.2) is 70.9 Å². The molecule has 0 bridgehead atoms. The van der Waals surface area contributed by atoms with E-state index in [1.165, 1.54) is 9.80 Å². The van der Waals surface area contributed by atoms with Gasteiger partial charge in [-0.15, -0.1) is 0 Å². The number of carbonyl (C=O) groups is 4. The first kappa shape index (κ1) is 17.3. The number of piperidine rings is 1. The number of rotatable bonds is 2. The van der Waals surface area contributed by atoms with E-state index in [1.54, 1.807) is 6.07 Å². The number of nitrogens with zero attached hydrogens (tertiary/aromatic N) is 3. The molecule has 9 nitrogen and oxygen atoms in total. The summed E-state index contributed by atoms with van der Waals surface area (Å²) in [6.45, 7) is 2.40. The van der Waals surface area contributed by atoms with Crippen LogP contribution < -0.4 is 10.2 Å². The molecule has 2 fully saturated rings. The number of benzene rings is 1. The molecule has 3 aliphatic rings. The molecule has 0 saturated carbocycles. The van der Waals surface area contributed by atoms with Gasteiger partial charge in [0.2, 0.25) is 11.8 Å². The summed E-state index contributed by atoms with van der Waals surface area (Å²) in [5, 5.41) is 11.3. The third-order valence-electron chi connectivity index (χ3n) is 5.42. The maximum Gasteiger partial charge on any atom is 0.407 e. The largest absolute Gasteiger partial charge is 0.465 e. The van der Waals surface area contributed by atoms with Crippen LogP contribution in [0, 0.1) is 0 Å². The Balaban J connectivity index is 1.49. The Morgan fingerprint density at radius 3 is 2.52 bits per heavy atom. The van der Waals surface area contributed by atoms with Gasteiger partial charge < -0.3 is 19.8 Å². The number of fused-ring (bicyclic) bond motifs is 1. The minimum atomic E-state index is -0.908. The number of amides is 4. The van der Waals surface area contributed by atoms with Crippen molar-refractivity contribution < 1.29 is 24.3 Å². The van der Waals surface area contributed by atoms with Gasteiger partial charge in [0, 0.05) is 50.4 Å². The second-order valence-electron chi connectivity index (χ2n) is 7.00. The van der Waals surface area contributed by atoms with Crippen molar-refractivity contribution >= 4 is 29.5 Å². The molecule has 3 aliphatic heterocycles. The van der Waals surface area contributed by atoms with E-state index in [9.17, 15) is 19.2 Å². The third-order valence-corrected chi connectivity index (χ3v) is 5.42. The summed E-state index contributed by atoms with van der Waals surface area (Å²) >= 11 is 0. The molecule has 1 atom stereocenters. The lowest BCUT2D eigenvalue weighted by Gasteiger charge is -2.34. The highest BCUT2D eigenvalue weighted by molar-refractivity contribution is 6.05. The molecule has 27 heavy (non-hydrogen) atoms. The van der Waals surface area contributed by atoms with E-state index in [2.05, 4.69) is 10.2 Å². The smallest absolute Gasteiger partial charge is 0.407 e. The molecule has 1 aromatic rings. The fourth-order valence-electron chi connectivity index (χ4n) is 3.91. The van der Waals surface area contributed by atoms with Gasteiger partial charge in [-0.1, -0.05) is 0 Å². The highest BCUT2D eigenvalue weighted by atomic mass is 16.4. The van der Waals surface area contributed by atoms with Crippen molar-refractivity contribution in [2.75, 3.05) is 31.1 Å². The number of anilines is 1. The van der Waals surface area contributed by atoms with E-state index in [1.807, 2.05) is 12.1 Å². The van der Waals surface area contributed by atoms with Crippen LogP contribution in [-0.2, 0) is 16.1 Å². The molecule has 3 heterocycles. The van der Waals surface area contributed by atoms with Gasteiger partial charge in [-0.2, -0.15) is 0 Å². The molecule has 2 N–H and O–H groups in total. The Bertz CT molecular complexity index is 831. The predicted octanol–water partition coefficient (Wildman–Crippen LogP) is 0.248. The number of imide groups is 1. The molecule has 4 amide bonds. The third kappa shape index (κ3) is 3.09. The van der Waals surface area contributed by atoms with Crippen LogP contribution in [0.2, 0.25) is 0 Å². The summed E-state index contributed by atoms with van der Waals surface area (Å²) in [5.74, 6) is -0.914. The minimum absolute atomic E-state index is 0.193. The minimum Gasteiger partial charge on any atom is -0.465 e. The Morgan fingerprint density at radius 2 is 1.85 bits per heavy atom. The fourth-order valence-corrected chi connectivity index (χ4v) is 3.91. The van der Waals surface area contributed by atoms with Crippen LogP contribution in [0.5, 0.6) is 0 Å². The van der Waals surface area contributed by atoms with Gasteiger partial charge in [0.05, 0.1) is 0 Å². The second-order valence-corrected chi connectivity index (χ2v) is 7.00. The fraction of sp³-hybridized carbons (Fsp3) is 0.444. The van der Waals surface area contributed by atoms with Crippen molar-refractivity contribution in [2.24, 2.45) is 0 Å². The summed E-state index contributed by atoms with van der Waals surface area (Å²) in [6, 6.07) is 4.95. The summed E-state index contributed by atoms with van der Waals surface area (Å²) in [4.78, 5) is 52.2. The molecule has 0 aliphatic carbocycles. The highest BCUT2D eigenvalue weighted by Gasteiger charge is 2.39. The summed E-state index contributed by atoms with van der Waals surface area (Å²) in [7, 11) is 0. The second kappa shape index (κ2) is 6.57. The van der Waals surface area contributed by atoms with Crippen LogP contribution in [0.3, 0.4) is 0 Å². The van der Waals surface area contributed by atoms with E-state index < -0.39 is 18.0 Å². The number of hydrogen-bond acceptors (Lipinski definition) is 5. The Morgan fingerprint density at radius 1 is 1.11 bits per heavy atom. The first-order valence-electron chi connectivity index (χ1n) is 8.94. The van der Waals surface area contributed by atoms with E-state index in [0.717, 1.165) is 11.3 Å². The van der Waals surface area contributed by atoms with Gasteiger partial charge >= 0.3 is 6.09 Å². The summed E-state index contributed by atoms with van der Waals surface area (Å²) < 4.78 is 0. The van der Waals surface area contributed by atoms with Gasteiger partial charge in [0.15, 0.2) is 0 Å². The van der Waals surface area contributed by atoms with Crippen LogP contribution in [0.25, 0.3) is 0 Å². The molecule has 4 rings (SSSR count). The zero-order chi connectivity index (χ0) is 19.1. The first-order chi connectivity index (χ1) is 12.9. The average molecular weight is 372 g/mol. The highest BCUT2D eigenvalue weighted by Crippen LogP contribution is 2.30. The van der Waals surface area contributed by atoms with E-state index in [0.29, 0.717) is 44.7 Å². The zero-order valence-electron chi connectivity index (χ0n) is 14.7. The van der Waals surface area contributed by atoms with Crippen molar-refractivity contribution in [3.05, 3.63) is 29.3 Å². The topological polar surface area (TPSA) is 110 Å². The molecule has 1 aromatic carbocycles. The molecular formula is C18H20N4O5. The maximum absolute atomic E-state index is 12.7. The Kier molecular flexibility index (Phi) is 4.21. The van der Waals surface area contributed by atoms with Crippen LogP contribution >= 0.6 is 0 Å². The number of piperazine rings is 1. The molecule has 1 unspecified atom stereocenters. The standard InChI is InChI=1S/C18H20N4O5/c23-15-4-3-14(16(24)19-15)22-10-11-9-12(1-2-13(11)17(22)25)20-5-7-21(8-6-20)18(26)27/h1-2,9,14H,3-8,10H2,(H,26,27)(H,19,23,24). The Labute approximate surface area is 155 Å². The summed E-state index contributed by atoms with van der Waals surface area (Å²) in [5.41, 5.74) is 2.37. The van der Waals surface area contributed by atoms with Gasteiger partial charge in [-0.05, 0) is 30.2 Å². The first-order valence-corrected chi connectivity index (χ1v) is 8.94. The monoisotopic (exact) mass is 372 g/mol. The van der Waals surface area contributed by atoms with Crippen LogP contribution in [0.4, 0.5) is 10.5 Å². The molecule has 0 spiro atoms. The quantitative estimate of drug-likeness (QED) is 0.720. The van der Waals surface area contributed by atoms with Gasteiger partial charge in [0.25, 0.3) is 5.91 Å². The van der Waals surface area contributed by atoms with Crippen molar-refractivity contribution in [2.45, 2.75) is 25.4 Å². The normalized spacial score (nSPS) is 22.7. The zero-order valence-corrected chi connectivity index (χ0v) is 14.7. The van der Waals surface area contributed by atoms with Crippen molar-refractivity contribution in [3.63, 3.8) is 0 Å².